The molecule has 0 saturated heterocycles. The van der Waals surface area contributed by atoms with Crippen LogP contribution < -0.4 is 18.9 Å². The normalized spacial score (nSPS) is 10.5. The Labute approximate surface area is 222 Å². The second-order valence-corrected chi connectivity index (χ2v) is 10.1. The monoisotopic (exact) mass is 447 g/mol. The Balaban J connectivity index is 0.000000407. The largest absolute Gasteiger partial charge is 1.00 e. The van der Waals surface area contributed by atoms with Crippen molar-refractivity contribution in [3.05, 3.63) is 101 Å². The van der Waals surface area contributed by atoms with Crippen LogP contribution in [0.4, 0.5) is 0 Å². The van der Waals surface area contributed by atoms with E-state index in [0.717, 1.165) is 6.42 Å². The van der Waals surface area contributed by atoms with Crippen molar-refractivity contribution in [1.29, 1.82) is 0 Å². The van der Waals surface area contributed by atoms with Crippen molar-refractivity contribution in [1.82, 2.24) is 0 Å². The summed E-state index contributed by atoms with van der Waals surface area (Å²) in [5, 5.41) is 0. The quantitative estimate of drug-likeness (QED) is 0.340. The van der Waals surface area contributed by atoms with Gasteiger partial charge in [0.25, 0.3) is 0 Å². The molecular weight excluding hydrogens is 403 g/mol. The standard InChI is InChI=1S/C22H29.C11H15.Li/c1-12-10-13(2)15(4)21(14(12)3)11-22-19(8)17(6)16(5)18(7)20(22)9;1-7-6-8(2)10(4)11(5)9(7)3;/h11H2,1-9H3;1-5H3;/q2*-1;+1. The summed E-state index contributed by atoms with van der Waals surface area (Å²) in [6.45, 7) is 30.9. The molecule has 0 spiro atoms. The first-order chi connectivity index (χ1) is 15.2. The van der Waals surface area contributed by atoms with E-state index >= 15 is 0 Å². The molecule has 0 aliphatic rings. The van der Waals surface area contributed by atoms with Crippen molar-refractivity contribution in [2.24, 2.45) is 0 Å². The van der Waals surface area contributed by atoms with Crippen LogP contribution in [0.25, 0.3) is 0 Å². The van der Waals surface area contributed by atoms with E-state index < -0.39 is 0 Å². The topological polar surface area (TPSA) is 0 Å². The van der Waals surface area contributed by atoms with E-state index in [2.05, 4.69) is 109 Å². The first-order valence-corrected chi connectivity index (χ1v) is 12.2. The van der Waals surface area contributed by atoms with E-state index in [9.17, 15) is 0 Å². The Hall–Kier alpha value is -1.74. The fraction of sp³-hybridized carbons (Fsp3) is 0.455. The molecule has 0 aliphatic carbocycles. The van der Waals surface area contributed by atoms with Crippen LogP contribution in [-0.2, 0) is 6.42 Å². The fourth-order valence-electron chi connectivity index (χ4n) is 4.80. The molecule has 3 aromatic carbocycles. The van der Waals surface area contributed by atoms with Gasteiger partial charge in [-0.25, -0.2) is 0 Å². The molecule has 0 radical (unpaired) electrons. The Bertz CT molecular complexity index is 1130. The molecule has 0 unspecified atom stereocenters. The molecule has 178 valence electrons. The molecular formula is C33H44Li-. The summed E-state index contributed by atoms with van der Waals surface area (Å²) in [4.78, 5) is 0. The van der Waals surface area contributed by atoms with Crippen LogP contribution in [0.3, 0.4) is 0 Å². The van der Waals surface area contributed by atoms with E-state index in [1.165, 1.54) is 89.0 Å². The first kappa shape index (κ1) is 30.3. The van der Waals surface area contributed by atoms with E-state index in [1.807, 2.05) is 0 Å². The van der Waals surface area contributed by atoms with Crippen LogP contribution in [0.2, 0.25) is 0 Å². The minimum atomic E-state index is 0. The number of benzene rings is 3. The molecule has 0 aromatic heterocycles. The maximum absolute atomic E-state index is 3.49. The van der Waals surface area contributed by atoms with Crippen molar-refractivity contribution in [3.8, 4) is 0 Å². The van der Waals surface area contributed by atoms with Gasteiger partial charge in [-0.1, -0.05) is 62.3 Å². The Morgan fingerprint density at radius 3 is 0.912 bits per heavy atom. The first-order valence-electron chi connectivity index (χ1n) is 12.2. The molecule has 0 atom stereocenters. The predicted octanol–water partition coefficient (Wildman–Crippen LogP) is 5.89. The summed E-state index contributed by atoms with van der Waals surface area (Å²) in [5.74, 6) is 0. The second kappa shape index (κ2) is 11.8. The number of hydrogen-bond donors (Lipinski definition) is 0. The zero-order valence-corrected chi connectivity index (χ0v) is 24.7. The molecule has 0 fully saturated rings. The van der Waals surface area contributed by atoms with Gasteiger partial charge in [-0.15, -0.1) is 5.56 Å². The average molecular weight is 448 g/mol. The molecule has 0 nitrogen and oxygen atoms in total. The summed E-state index contributed by atoms with van der Waals surface area (Å²) < 4.78 is 0. The number of hydrogen-bond acceptors (Lipinski definition) is 0. The zero-order valence-electron chi connectivity index (χ0n) is 24.7. The molecule has 0 aliphatic heterocycles. The van der Waals surface area contributed by atoms with Crippen molar-refractivity contribution in [2.75, 3.05) is 0 Å². The summed E-state index contributed by atoms with van der Waals surface area (Å²) in [7, 11) is 0. The number of rotatable bonds is 2. The molecule has 3 aromatic rings. The maximum Gasteiger partial charge on any atom is 1.00 e. The van der Waals surface area contributed by atoms with E-state index in [1.54, 1.807) is 0 Å². The number of aryl methyl sites for hydroxylation is 4. The van der Waals surface area contributed by atoms with E-state index in [0.29, 0.717) is 0 Å². The predicted molar refractivity (Wildman–Crippen MR) is 146 cm³/mol. The smallest absolute Gasteiger partial charge is 0.177 e. The second-order valence-electron chi connectivity index (χ2n) is 10.1. The van der Waals surface area contributed by atoms with Gasteiger partial charge in [-0.05, 0) is 74.4 Å². The molecule has 0 bridgehead atoms. The van der Waals surface area contributed by atoms with Crippen LogP contribution in [0, 0.1) is 109 Å². The van der Waals surface area contributed by atoms with Gasteiger partial charge in [0.1, 0.15) is 0 Å². The van der Waals surface area contributed by atoms with Crippen molar-refractivity contribution < 1.29 is 18.9 Å². The zero-order chi connectivity index (χ0) is 25.4. The third-order valence-corrected chi connectivity index (χ3v) is 8.54. The van der Waals surface area contributed by atoms with Crippen LogP contribution in [0.1, 0.15) is 89.0 Å². The van der Waals surface area contributed by atoms with Gasteiger partial charge in [-0.2, -0.15) is 62.2 Å². The van der Waals surface area contributed by atoms with Gasteiger partial charge >= 0.3 is 18.9 Å². The van der Waals surface area contributed by atoms with Gasteiger partial charge in [-0.3, -0.25) is 0 Å². The minimum absolute atomic E-state index is 0. The molecule has 34 heavy (non-hydrogen) atoms. The molecule has 1 heteroatoms. The van der Waals surface area contributed by atoms with Gasteiger partial charge in [0.2, 0.25) is 0 Å². The van der Waals surface area contributed by atoms with Gasteiger partial charge < -0.3 is 0 Å². The molecule has 3 rings (SSSR count). The van der Waals surface area contributed by atoms with Gasteiger partial charge in [0.15, 0.2) is 0 Å². The maximum atomic E-state index is 3.49. The third-order valence-electron chi connectivity index (χ3n) is 8.54. The summed E-state index contributed by atoms with van der Waals surface area (Å²) in [6.07, 6.45) is 1.04. The Morgan fingerprint density at radius 1 is 0.324 bits per heavy atom. The van der Waals surface area contributed by atoms with Crippen LogP contribution in [-0.4, -0.2) is 0 Å². The summed E-state index contributed by atoms with van der Waals surface area (Å²) in [5.41, 5.74) is 22.4. The molecule has 0 N–H and O–H groups in total. The van der Waals surface area contributed by atoms with Crippen LogP contribution in [0.15, 0.2) is 0 Å². The van der Waals surface area contributed by atoms with Crippen molar-refractivity contribution in [2.45, 2.75) is 103 Å². The fourth-order valence-corrected chi connectivity index (χ4v) is 4.80. The average Bonchev–Trinajstić information content (AvgIpc) is 2.77. The summed E-state index contributed by atoms with van der Waals surface area (Å²) in [6, 6.07) is 6.84. The molecule has 0 saturated carbocycles. The Morgan fingerprint density at radius 2 is 0.559 bits per heavy atom. The third kappa shape index (κ3) is 5.90. The molecule has 0 heterocycles. The minimum Gasteiger partial charge on any atom is -0.177 e. The van der Waals surface area contributed by atoms with Crippen LogP contribution >= 0.6 is 0 Å². The Kier molecular flexibility index (Phi) is 10.5. The van der Waals surface area contributed by atoms with Crippen molar-refractivity contribution in [3.63, 3.8) is 0 Å². The SMILES string of the molecule is Cc1[c-]c(C)c(C)c(C)c1C.Cc1[c-]c(C)c(C)c(Cc2c(C)c(C)c(C)c(C)c2C)c1C.[Li+]. The van der Waals surface area contributed by atoms with Crippen LogP contribution in [0.5, 0.6) is 0 Å². The molecule has 0 amide bonds. The van der Waals surface area contributed by atoms with E-state index in [-0.39, 0.29) is 18.9 Å². The van der Waals surface area contributed by atoms with Crippen molar-refractivity contribution >= 4 is 0 Å². The van der Waals surface area contributed by atoms with Gasteiger partial charge in [0.05, 0.1) is 0 Å². The van der Waals surface area contributed by atoms with E-state index in [4.69, 9.17) is 0 Å². The summed E-state index contributed by atoms with van der Waals surface area (Å²) >= 11 is 0. The van der Waals surface area contributed by atoms with Gasteiger partial charge in [0, 0.05) is 0 Å².